The Balaban J connectivity index is 3.10. The minimum atomic E-state index is 0.535. The minimum absolute atomic E-state index is 0.535. The maximum Gasteiger partial charge on any atom is 0.124 e. The Morgan fingerprint density at radius 2 is 2.17 bits per heavy atom. The number of hydrogen-bond acceptors (Lipinski definition) is 2. The van der Waals surface area contributed by atoms with Crippen LogP contribution in [0.15, 0.2) is 22.3 Å². The molecule has 2 nitrogen and oxygen atoms in total. The molecule has 3 heteroatoms. The summed E-state index contributed by atoms with van der Waals surface area (Å²) in [6.45, 7) is 4.09. The van der Waals surface area contributed by atoms with Crippen molar-refractivity contribution in [3.63, 3.8) is 0 Å². The summed E-state index contributed by atoms with van der Waals surface area (Å²) in [5.74, 6) is 0.535. The number of aromatic nitrogens is 1. The minimum Gasteiger partial charge on any atom is -0.384 e. The summed E-state index contributed by atoms with van der Waals surface area (Å²) >= 11 is 3.34. The summed E-state index contributed by atoms with van der Waals surface area (Å²) in [6.07, 6.45) is 2.05. The van der Waals surface area contributed by atoms with Gasteiger partial charge in [-0.1, -0.05) is 11.6 Å². The number of nitrogens with zero attached hydrogens (tertiary/aromatic N) is 1. The molecule has 0 atom stereocenters. The van der Waals surface area contributed by atoms with Gasteiger partial charge in [0, 0.05) is 5.56 Å². The zero-order valence-electron chi connectivity index (χ0n) is 7.13. The second-order valence-electron chi connectivity index (χ2n) is 2.84. The predicted molar refractivity (Wildman–Crippen MR) is 55.7 cm³/mol. The van der Waals surface area contributed by atoms with E-state index in [1.807, 2.05) is 19.9 Å². The van der Waals surface area contributed by atoms with E-state index < -0.39 is 0 Å². The molecule has 1 rings (SSSR count). The maximum absolute atomic E-state index is 5.50. The molecule has 64 valence electrons. The highest BCUT2D eigenvalue weighted by Crippen LogP contribution is 2.18. The van der Waals surface area contributed by atoms with Gasteiger partial charge in [0.15, 0.2) is 0 Å². The summed E-state index contributed by atoms with van der Waals surface area (Å²) < 4.78 is 0.795. The van der Waals surface area contributed by atoms with E-state index in [1.54, 1.807) is 6.07 Å². The first kappa shape index (κ1) is 9.26. The summed E-state index contributed by atoms with van der Waals surface area (Å²) in [4.78, 5) is 4.08. The molecule has 0 fully saturated rings. The van der Waals surface area contributed by atoms with E-state index in [2.05, 4.69) is 27.0 Å². The number of anilines is 1. The van der Waals surface area contributed by atoms with Crippen molar-refractivity contribution in [2.24, 2.45) is 0 Å². The van der Waals surface area contributed by atoms with Crippen LogP contribution in [0.25, 0.3) is 6.08 Å². The van der Waals surface area contributed by atoms with Gasteiger partial charge in [-0.15, -0.1) is 0 Å². The Kier molecular flexibility index (Phi) is 2.87. The molecule has 0 aliphatic heterocycles. The molecular weight excluding hydrogens is 216 g/mol. The van der Waals surface area contributed by atoms with E-state index >= 15 is 0 Å². The van der Waals surface area contributed by atoms with E-state index in [-0.39, 0.29) is 0 Å². The molecule has 0 unspecified atom stereocenters. The molecule has 1 aromatic rings. The number of rotatable bonds is 1. The predicted octanol–water partition coefficient (Wildman–Crippen LogP) is 2.85. The maximum atomic E-state index is 5.50. The van der Waals surface area contributed by atoms with Crippen molar-refractivity contribution in [2.75, 3.05) is 5.73 Å². The fraction of sp³-hybridized carbons (Fsp3) is 0.222. The Labute approximate surface area is 80.6 Å². The van der Waals surface area contributed by atoms with Gasteiger partial charge >= 0.3 is 0 Å². The van der Waals surface area contributed by atoms with E-state index in [1.165, 1.54) is 5.57 Å². The topological polar surface area (TPSA) is 38.9 Å². The standard InChI is InChI=1S/C9H11BrN2/c1-6(2)5-7-3-4-8(11)12-9(7)10/h3-5H,1-2H3,(H2,11,12). The average molecular weight is 227 g/mol. The first-order valence-corrected chi connectivity index (χ1v) is 4.46. The van der Waals surface area contributed by atoms with Gasteiger partial charge in [-0.05, 0) is 41.9 Å². The average Bonchev–Trinajstić information content (AvgIpc) is 1.94. The quantitative estimate of drug-likeness (QED) is 0.749. The number of halogens is 1. The van der Waals surface area contributed by atoms with Crippen molar-refractivity contribution < 1.29 is 0 Å². The van der Waals surface area contributed by atoms with Crippen molar-refractivity contribution in [1.82, 2.24) is 4.98 Å². The largest absolute Gasteiger partial charge is 0.384 e. The second-order valence-corrected chi connectivity index (χ2v) is 3.59. The molecule has 0 aromatic carbocycles. The molecule has 2 N–H and O–H groups in total. The van der Waals surface area contributed by atoms with Crippen LogP contribution >= 0.6 is 15.9 Å². The highest BCUT2D eigenvalue weighted by molar-refractivity contribution is 9.10. The van der Waals surface area contributed by atoms with E-state index in [9.17, 15) is 0 Å². The fourth-order valence-electron chi connectivity index (χ4n) is 0.878. The second kappa shape index (κ2) is 3.72. The molecule has 0 aliphatic carbocycles. The number of pyridine rings is 1. The Bertz CT molecular complexity index is 314. The molecule has 1 heterocycles. The van der Waals surface area contributed by atoms with E-state index in [0.29, 0.717) is 5.82 Å². The molecule has 0 saturated carbocycles. The molecule has 0 spiro atoms. The van der Waals surface area contributed by atoms with Gasteiger partial charge in [0.1, 0.15) is 10.4 Å². The third-order valence-corrected chi connectivity index (χ3v) is 1.98. The lowest BCUT2D eigenvalue weighted by Crippen LogP contribution is -1.91. The van der Waals surface area contributed by atoms with Crippen LogP contribution in [0.4, 0.5) is 5.82 Å². The molecule has 1 aromatic heterocycles. The molecule has 0 bridgehead atoms. The smallest absolute Gasteiger partial charge is 0.124 e. The van der Waals surface area contributed by atoms with Crippen LogP contribution in [0.5, 0.6) is 0 Å². The highest BCUT2D eigenvalue weighted by Gasteiger charge is 1.97. The van der Waals surface area contributed by atoms with Crippen LogP contribution in [0.3, 0.4) is 0 Å². The van der Waals surface area contributed by atoms with Gasteiger partial charge in [0.25, 0.3) is 0 Å². The van der Waals surface area contributed by atoms with Crippen molar-refractivity contribution in [3.8, 4) is 0 Å². The molecule has 0 aliphatic rings. The van der Waals surface area contributed by atoms with Gasteiger partial charge in [-0.3, -0.25) is 0 Å². The number of allylic oxidation sites excluding steroid dienone is 1. The first-order valence-electron chi connectivity index (χ1n) is 3.66. The SMILES string of the molecule is CC(C)=Cc1ccc(N)nc1Br. The van der Waals surface area contributed by atoms with Crippen LogP contribution in [0, 0.1) is 0 Å². The zero-order valence-corrected chi connectivity index (χ0v) is 8.72. The van der Waals surface area contributed by atoms with Crippen molar-refractivity contribution >= 4 is 27.8 Å². The summed E-state index contributed by atoms with van der Waals surface area (Å²) in [5.41, 5.74) is 7.79. The number of nitrogen functional groups attached to an aromatic ring is 1. The Hall–Kier alpha value is -0.830. The molecule has 0 radical (unpaired) electrons. The third kappa shape index (κ3) is 2.34. The fourth-order valence-corrected chi connectivity index (χ4v) is 1.33. The van der Waals surface area contributed by atoms with Gasteiger partial charge in [0.2, 0.25) is 0 Å². The van der Waals surface area contributed by atoms with Crippen molar-refractivity contribution in [1.29, 1.82) is 0 Å². The van der Waals surface area contributed by atoms with Crippen LogP contribution in [-0.4, -0.2) is 4.98 Å². The summed E-state index contributed by atoms with van der Waals surface area (Å²) in [5, 5.41) is 0. The summed E-state index contributed by atoms with van der Waals surface area (Å²) in [7, 11) is 0. The molecule has 0 saturated heterocycles. The lowest BCUT2D eigenvalue weighted by molar-refractivity contribution is 1.27. The lowest BCUT2D eigenvalue weighted by atomic mass is 10.2. The van der Waals surface area contributed by atoms with Gasteiger partial charge in [0.05, 0.1) is 0 Å². The Morgan fingerprint density at radius 3 is 2.67 bits per heavy atom. The normalized spacial score (nSPS) is 9.58. The van der Waals surface area contributed by atoms with Gasteiger partial charge < -0.3 is 5.73 Å². The van der Waals surface area contributed by atoms with Crippen LogP contribution in [0.1, 0.15) is 19.4 Å². The Morgan fingerprint density at radius 1 is 1.50 bits per heavy atom. The lowest BCUT2D eigenvalue weighted by Gasteiger charge is -1.99. The van der Waals surface area contributed by atoms with Crippen LogP contribution in [-0.2, 0) is 0 Å². The molecular formula is C9H11BrN2. The first-order chi connectivity index (χ1) is 5.59. The van der Waals surface area contributed by atoms with Gasteiger partial charge in [-0.2, -0.15) is 0 Å². The third-order valence-electron chi connectivity index (χ3n) is 1.34. The highest BCUT2D eigenvalue weighted by atomic mass is 79.9. The van der Waals surface area contributed by atoms with Crippen LogP contribution < -0.4 is 5.73 Å². The van der Waals surface area contributed by atoms with Crippen molar-refractivity contribution in [3.05, 3.63) is 27.9 Å². The number of hydrogen-bond donors (Lipinski definition) is 1. The number of nitrogens with two attached hydrogens (primary N) is 1. The molecule has 0 amide bonds. The zero-order chi connectivity index (χ0) is 9.14. The molecule has 12 heavy (non-hydrogen) atoms. The van der Waals surface area contributed by atoms with Gasteiger partial charge in [-0.25, -0.2) is 4.98 Å². The van der Waals surface area contributed by atoms with E-state index in [0.717, 1.165) is 10.2 Å². The monoisotopic (exact) mass is 226 g/mol. The van der Waals surface area contributed by atoms with E-state index in [4.69, 9.17) is 5.73 Å². The van der Waals surface area contributed by atoms with Crippen LogP contribution in [0.2, 0.25) is 0 Å². The summed E-state index contributed by atoms with van der Waals surface area (Å²) in [6, 6.07) is 3.74. The van der Waals surface area contributed by atoms with Crippen molar-refractivity contribution in [2.45, 2.75) is 13.8 Å².